The zero-order valence-electron chi connectivity index (χ0n) is 15.3. The fourth-order valence-corrected chi connectivity index (χ4v) is 3.39. The number of methoxy groups -OCH3 is 1. The predicted octanol–water partition coefficient (Wildman–Crippen LogP) is 4.11. The third-order valence-corrected chi connectivity index (χ3v) is 4.79. The molecule has 7 nitrogen and oxygen atoms in total. The Hall–Kier alpha value is -3.20. The average molecular weight is 402 g/mol. The van der Waals surface area contributed by atoms with Crippen molar-refractivity contribution in [1.82, 2.24) is 10.3 Å². The molecule has 0 saturated heterocycles. The molecule has 1 heterocycles. The molecule has 0 aliphatic heterocycles. The number of ether oxygens (including phenoxy) is 1. The van der Waals surface area contributed by atoms with Gasteiger partial charge in [0.15, 0.2) is 5.13 Å². The van der Waals surface area contributed by atoms with Gasteiger partial charge in [0.1, 0.15) is 17.1 Å². The molecule has 3 amide bonds. The number of carbonyl (C=O) groups is 2. The first-order valence-corrected chi connectivity index (χ1v) is 9.38. The number of anilines is 2. The van der Waals surface area contributed by atoms with E-state index in [1.54, 1.807) is 31.2 Å². The van der Waals surface area contributed by atoms with Crippen molar-refractivity contribution in [1.29, 1.82) is 0 Å². The van der Waals surface area contributed by atoms with Crippen LogP contribution in [0.15, 0.2) is 36.4 Å². The highest BCUT2D eigenvalue weighted by Gasteiger charge is 2.13. The lowest BCUT2D eigenvalue weighted by Gasteiger charge is -2.09. The Morgan fingerprint density at radius 2 is 1.93 bits per heavy atom. The first kappa shape index (κ1) is 19.6. The van der Waals surface area contributed by atoms with Gasteiger partial charge in [-0.05, 0) is 23.8 Å². The van der Waals surface area contributed by atoms with E-state index in [4.69, 9.17) is 4.74 Å². The number of fused-ring (bicyclic) bond motifs is 1. The minimum absolute atomic E-state index is 0.128. The van der Waals surface area contributed by atoms with Crippen molar-refractivity contribution < 1.29 is 18.7 Å². The Morgan fingerprint density at radius 1 is 1.18 bits per heavy atom. The van der Waals surface area contributed by atoms with Crippen LogP contribution in [-0.2, 0) is 11.3 Å². The largest absolute Gasteiger partial charge is 0.494 e. The molecule has 3 aromatic rings. The Bertz CT molecular complexity index is 1000. The van der Waals surface area contributed by atoms with Crippen molar-refractivity contribution in [2.24, 2.45) is 0 Å². The second-order valence-electron chi connectivity index (χ2n) is 5.88. The van der Waals surface area contributed by atoms with Gasteiger partial charge in [-0.2, -0.15) is 0 Å². The van der Waals surface area contributed by atoms with Gasteiger partial charge in [0.2, 0.25) is 5.91 Å². The molecule has 1 aromatic heterocycles. The van der Waals surface area contributed by atoms with E-state index in [9.17, 15) is 14.0 Å². The average Bonchev–Trinajstić information content (AvgIpc) is 3.09. The molecule has 146 valence electrons. The predicted molar refractivity (Wildman–Crippen MR) is 107 cm³/mol. The summed E-state index contributed by atoms with van der Waals surface area (Å²) < 4.78 is 19.0. The van der Waals surface area contributed by atoms with Gasteiger partial charge in [0.05, 0.1) is 11.8 Å². The number of hydrogen-bond acceptors (Lipinski definition) is 5. The molecule has 0 aliphatic carbocycles. The van der Waals surface area contributed by atoms with E-state index >= 15 is 0 Å². The van der Waals surface area contributed by atoms with Crippen molar-refractivity contribution in [3.63, 3.8) is 0 Å². The molecule has 28 heavy (non-hydrogen) atoms. The molecule has 0 unspecified atom stereocenters. The van der Waals surface area contributed by atoms with E-state index in [2.05, 4.69) is 20.9 Å². The summed E-state index contributed by atoms with van der Waals surface area (Å²) >= 11 is 1.29. The lowest BCUT2D eigenvalue weighted by molar-refractivity contribution is -0.115. The number of nitrogens with zero attached hydrogens (tertiary/aromatic N) is 1. The van der Waals surface area contributed by atoms with Gasteiger partial charge < -0.3 is 20.7 Å². The SMILES string of the molecule is CCC(=O)Nc1nc2c(OC)cc(NC(=O)NCc3ccc(F)cc3)cc2s1. The third kappa shape index (κ3) is 4.74. The van der Waals surface area contributed by atoms with Crippen LogP contribution in [0.4, 0.5) is 20.0 Å². The van der Waals surface area contributed by atoms with Crippen LogP contribution in [-0.4, -0.2) is 24.0 Å². The highest BCUT2D eigenvalue weighted by Crippen LogP contribution is 2.35. The van der Waals surface area contributed by atoms with Gasteiger partial charge in [-0.3, -0.25) is 4.79 Å². The van der Waals surface area contributed by atoms with Crippen LogP contribution in [0, 0.1) is 5.82 Å². The van der Waals surface area contributed by atoms with E-state index in [1.807, 2.05) is 0 Å². The number of amides is 3. The van der Waals surface area contributed by atoms with Gasteiger partial charge >= 0.3 is 6.03 Å². The maximum atomic E-state index is 12.9. The van der Waals surface area contributed by atoms with Gasteiger partial charge in [-0.25, -0.2) is 14.2 Å². The first-order chi connectivity index (χ1) is 13.5. The van der Waals surface area contributed by atoms with Crippen LogP contribution in [0.25, 0.3) is 10.2 Å². The molecule has 0 fully saturated rings. The van der Waals surface area contributed by atoms with Crippen molar-refractivity contribution in [2.75, 3.05) is 17.7 Å². The van der Waals surface area contributed by atoms with E-state index in [0.717, 1.165) is 10.3 Å². The van der Waals surface area contributed by atoms with Gasteiger partial charge in [0.25, 0.3) is 0 Å². The molecule has 0 radical (unpaired) electrons. The van der Waals surface area contributed by atoms with Crippen LogP contribution in [0.5, 0.6) is 5.75 Å². The Balaban J connectivity index is 1.72. The normalized spacial score (nSPS) is 10.5. The van der Waals surface area contributed by atoms with Crippen LogP contribution in [0.1, 0.15) is 18.9 Å². The van der Waals surface area contributed by atoms with Crippen LogP contribution >= 0.6 is 11.3 Å². The number of aromatic nitrogens is 1. The molecular weight excluding hydrogens is 383 g/mol. The molecule has 0 saturated carbocycles. The maximum absolute atomic E-state index is 12.9. The summed E-state index contributed by atoms with van der Waals surface area (Å²) in [5, 5.41) is 8.64. The zero-order valence-corrected chi connectivity index (χ0v) is 16.2. The fraction of sp³-hybridized carbons (Fsp3) is 0.211. The van der Waals surface area contributed by atoms with Crippen molar-refractivity contribution in [3.8, 4) is 5.75 Å². The molecular formula is C19H19FN4O3S. The molecule has 0 spiro atoms. The van der Waals surface area contributed by atoms with E-state index in [-0.39, 0.29) is 18.3 Å². The number of carbonyl (C=O) groups excluding carboxylic acids is 2. The smallest absolute Gasteiger partial charge is 0.319 e. The summed E-state index contributed by atoms with van der Waals surface area (Å²) in [4.78, 5) is 28.1. The summed E-state index contributed by atoms with van der Waals surface area (Å²) in [7, 11) is 1.51. The summed E-state index contributed by atoms with van der Waals surface area (Å²) in [5.74, 6) is 0.0313. The number of hydrogen-bond donors (Lipinski definition) is 3. The highest BCUT2D eigenvalue weighted by molar-refractivity contribution is 7.22. The lowest BCUT2D eigenvalue weighted by Crippen LogP contribution is -2.28. The Labute approximate surface area is 164 Å². The molecule has 0 aliphatic rings. The molecule has 2 aromatic carbocycles. The number of thiazole rings is 1. The monoisotopic (exact) mass is 402 g/mol. The minimum Gasteiger partial charge on any atom is -0.494 e. The molecule has 3 N–H and O–H groups in total. The minimum atomic E-state index is -0.408. The number of benzene rings is 2. The summed E-state index contributed by atoms with van der Waals surface area (Å²) in [6.07, 6.45) is 0.355. The number of halogens is 1. The second-order valence-corrected chi connectivity index (χ2v) is 6.91. The quantitative estimate of drug-likeness (QED) is 0.578. The first-order valence-electron chi connectivity index (χ1n) is 8.56. The van der Waals surface area contributed by atoms with Gasteiger partial charge in [-0.1, -0.05) is 30.4 Å². The van der Waals surface area contributed by atoms with Crippen molar-refractivity contribution >= 4 is 44.3 Å². The number of nitrogens with one attached hydrogen (secondary N) is 3. The molecule has 0 bridgehead atoms. The maximum Gasteiger partial charge on any atom is 0.319 e. The van der Waals surface area contributed by atoms with Gasteiger partial charge in [-0.15, -0.1) is 0 Å². The van der Waals surface area contributed by atoms with Crippen LogP contribution < -0.4 is 20.7 Å². The second kappa shape index (κ2) is 8.66. The zero-order chi connectivity index (χ0) is 20.1. The van der Waals surface area contributed by atoms with Crippen LogP contribution in [0.2, 0.25) is 0 Å². The lowest BCUT2D eigenvalue weighted by atomic mass is 10.2. The van der Waals surface area contributed by atoms with E-state index in [0.29, 0.717) is 28.5 Å². The van der Waals surface area contributed by atoms with Gasteiger partial charge in [0, 0.05) is 24.7 Å². The summed E-state index contributed by atoms with van der Waals surface area (Å²) in [6, 6.07) is 8.90. The van der Waals surface area contributed by atoms with Crippen molar-refractivity contribution in [2.45, 2.75) is 19.9 Å². The van der Waals surface area contributed by atoms with Crippen LogP contribution in [0.3, 0.4) is 0 Å². The topological polar surface area (TPSA) is 92.3 Å². The fourth-order valence-electron chi connectivity index (χ4n) is 2.45. The number of rotatable bonds is 6. The summed E-state index contributed by atoms with van der Waals surface area (Å²) in [5.41, 5.74) is 1.91. The summed E-state index contributed by atoms with van der Waals surface area (Å²) in [6.45, 7) is 2.02. The standard InChI is InChI=1S/C19H19FN4O3S/c1-3-16(25)23-19-24-17-14(27-2)8-13(9-15(17)28-19)22-18(26)21-10-11-4-6-12(20)7-5-11/h4-9H,3,10H2,1-2H3,(H2,21,22,26)(H,23,24,25). The number of urea groups is 1. The van der Waals surface area contributed by atoms with E-state index < -0.39 is 6.03 Å². The highest BCUT2D eigenvalue weighted by atomic mass is 32.1. The third-order valence-electron chi connectivity index (χ3n) is 3.87. The van der Waals surface area contributed by atoms with E-state index in [1.165, 1.54) is 30.6 Å². The molecule has 3 rings (SSSR count). The Morgan fingerprint density at radius 3 is 2.61 bits per heavy atom. The Kier molecular flexibility index (Phi) is 6.05. The molecule has 9 heteroatoms. The van der Waals surface area contributed by atoms with Crippen molar-refractivity contribution in [3.05, 3.63) is 47.8 Å². The molecule has 0 atom stereocenters.